The number of benzene rings is 1. The van der Waals surface area contributed by atoms with Crippen molar-refractivity contribution in [2.24, 2.45) is 0 Å². The number of aromatic nitrogens is 1. The lowest BCUT2D eigenvalue weighted by atomic mass is 10.1. The highest BCUT2D eigenvalue weighted by atomic mass is 19.1. The van der Waals surface area contributed by atoms with E-state index in [0.717, 1.165) is 6.20 Å². The molecule has 98 valence electrons. The average molecular weight is 262 g/mol. The predicted molar refractivity (Wildman–Crippen MR) is 66.3 cm³/mol. The number of pyridine rings is 1. The molecule has 1 aromatic heterocycles. The van der Waals surface area contributed by atoms with Crippen molar-refractivity contribution in [3.05, 3.63) is 53.6 Å². The van der Waals surface area contributed by atoms with Gasteiger partial charge in [0.15, 0.2) is 0 Å². The summed E-state index contributed by atoms with van der Waals surface area (Å²) in [5, 5.41) is 9.06. The largest absolute Gasteiger partial charge is 0.488 e. The summed E-state index contributed by atoms with van der Waals surface area (Å²) in [6.07, 6.45) is 2.52. The SMILES string of the molecule is Nc1cccc(OCc2cncc(F)c2)c1C(=O)O. The molecule has 1 heterocycles. The number of nitrogens with two attached hydrogens (primary N) is 1. The molecule has 1 aromatic carbocycles. The number of anilines is 1. The summed E-state index contributed by atoms with van der Waals surface area (Å²) in [5.74, 6) is -1.52. The average Bonchev–Trinajstić information content (AvgIpc) is 2.36. The molecule has 0 aliphatic rings. The van der Waals surface area contributed by atoms with E-state index in [2.05, 4.69) is 4.98 Å². The molecule has 0 saturated heterocycles. The molecule has 2 aromatic rings. The van der Waals surface area contributed by atoms with E-state index in [9.17, 15) is 9.18 Å². The lowest BCUT2D eigenvalue weighted by Crippen LogP contribution is -2.07. The number of halogens is 1. The molecule has 0 bridgehead atoms. The van der Waals surface area contributed by atoms with Crippen molar-refractivity contribution in [1.82, 2.24) is 4.98 Å². The Morgan fingerprint density at radius 2 is 2.21 bits per heavy atom. The number of carbonyl (C=O) groups is 1. The number of carboxylic acid groups (broad SMARTS) is 1. The Morgan fingerprint density at radius 1 is 1.42 bits per heavy atom. The number of nitrogen functional groups attached to an aromatic ring is 1. The number of nitrogens with zero attached hydrogens (tertiary/aromatic N) is 1. The molecule has 0 fully saturated rings. The van der Waals surface area contributed by atoms with E-state index in [1.807, 2.05) is 0 Å². The molecule has 0 amide bonds. The van der Waals surface area contributed by atoms with Gasteiger partial charge in [-0.25, -0.2) is 9.18 Å². The standard InChI is InChI=1S/C13H11FN2O3/c14-9-4-8(5-16-6-9)7-19-11-3-1-2-10(15)12(11)13(17)18/h1-6H,7,15H2,(H,17,18). The second-order valence-electron chi connectivity index (χ2n) is 3.83. The summed E-state index contributed by atoms with van der Waals surface area (Å²) in [4.78, 5) is 14.8. The third kappa shape index (κ3) is 2.98. The van der Waals surface area contributed by atoms with E-state index in [4.69, 9.17) is 15.6 Å². The second kappa shape index (κ2) is 5.34. The molecule has 0 radical (unpaired) electrons. The number of aromatic carboxylic acids is 1. The summed E-state index contributed by atoms with van der Waals surface area (Å²) < 4.78 is 18.3. The fraction of sp³-hybridized carbons (Fsp3) is 0.0769. The van der Waals surface area contributed by atoms with Gasteiger partial charge in [0.25, 0.3) is 0 Å². The lowest BCUT2D eigenvalue weighted by Gasteiger charge is -2.10. The van der Waals surface area contributed by atoms with Crippen molar-refractivity contribution in [1.29, 1.82) is 0 Å². The Balaban J connectivity index is 2.20. The molecule has 2 rings (SSSR count). The summed E-state index contributed by atoms with van der Waals surface area (Å²) in [5.41, 5.74) is 6.09. The highest BCUT2D eigenvalue weighted by Crippen LogP contribution is 2.25. The van der Waals surface area contributed by atoms with Crippen LogP contribution in [0.1, 0.15) is 15.9 Å². The first-order chi connectivity index (χ1) is 9.08. The van der Waals surface area contributed by atoms with Crippen LogP contribution in [-0.2, 0) is 6.61 Å². The molecule has 0 saturated carbocycles. The van der Waals surface area contributed by atoms with Crippen molar-refractivity contribution in [2.75, 3.05) is 5.73 Å². The van der Waals surface area contributed by atoms with Crippen LogP contribution in [0.25, 0.3) is 0 Å². The van der Waals surface area contributed by atoms with Gasteiger partial charge in [0.2, 0.25) is 0 Å². The van der Waals surface area contributed by atoms with E-state index >= 15 is 0 Å². The van der Waals surface area contributed by atoms with Crippen LogP contribution < -0.4 is 10.5 Å². The molecule has 0 atom stereocenters. The Morgan fingerprint density at radius 3 is 2.89 bits per heavy atom. The monoisotopic (exact) mass is 262 g/mol. The number of hydrogen-bond donors (Lipinski definition) is 2. The lowest BCUT2D eigenvalue weighted by molar-refractivity contribution is 0.0693. The van der Waals surface area contributed by atoms with E-state index in [-0.39, 0.29) is 23.6 Å². The highest BCUT2D eigenvalue weighted by Gasteiger charge is 2.14. The normalized spacial score (nSPS) is 10.2. The quantitative estimate of drug-likeness (QED) is 0.824. The van der Waals surface area contributed by atoms with Gasteiger partial charge in [0.05, 0.1) is 6.20 Å². The summed E-state index contributed by atoms with van der Waals surface area (Å²) in [6, 6.07) is 5.81. The number of carboxylic acids is 1. The zero-order chi connectivity index (χ0) is 13.8. The third-order valence-corrected chi connectivity index (χ3v) is 2.43. The van der Waals surface area contributed by atoms with Crippen LogP contribution in [0.5, 0.6) is 5.75 Å². The van der Waals surface area contributed by atoms with E-state index in [0.29, 0.717) is 5.56 Å². The molecule has 19 heavy (non-hydrogen) atoms. The zero-order valence-corrected chi connectivity index (χ0v) is 9.84. The first kappa shape index (κ1) is 12.8. The predicted octanol–water partition coefficient (Wildman–Crippen LogP) is 2.08. The van der Waals surface area contributed by atoms with Gasteiger partial charge in [-0.2, -0.15) is 0 Å². The van der Waals surface area contributed by atoms with E-state index in [1.54, 1.807) is 6.07 Å². The van der Waals surface area contributed by atoms with E-state index < -0.39 is 11.8 Å². The third-order valence-electron chi connectivity index (χ3n) is 2.43. The van der Waals surface area contributed by atoms with Crippen molar-refractivity contribution >= 4 is 11.7 Å². The smallest absolute Gasteiger partial charge is 0.341 e. The molecular formula is C13H11FN2O3. The Labute approximate surface area is 108 Å². The molecule has 3 N–H and O–H groups in total. The Kier molecular flexibility index (Phi) is 3.61. The fourth-order valence-electron chi connectivity index (χ4n) is 1.59. The minimum atomic E-state index is -1.18. The highest BCUT2D eigenvalue weighted by molar-refractivity contribution is 5.96. The van der Waals surface area contributed by atoms with Crippen molar-refractivity contribution in [3.63, 3.8) is 0 Å². The molecule has 0 aliphatic carbocycles. The van der Waals surface area contributed by atoms with Gasteiger partial charge in [0, 0.05) is 17.4 Å². The van der Waals surface area contributed by atoms with Crippen LogP contribution in [0.2, 0.25) is 0 Å². The van der Waals surface area contributed by atoms with Crippen molar-refractivity contribution in [3.8, 4) is 5.75 Å². The van der Waals surface area contributed by atoms with Gasteiger partial charge in [-0.1, -0.05) is 6.07 Å². The van der Waals surface area contributed by atoms with Crippen molar-refractivity contribution in [2.45, 2.75) is 6.61 Å². The minimum absolute atomic E-state index is 0.00843. The van der Waals surface area contributed by atoms with Gasteiger partial charge in [0.1, 0.15) is 23.7 Å². The van der Waals surface area contributed by atoms with Crippen LogP contribution in [0.4, 0.5) is 10.1 Å². The van der Waals surface area contributed by atoms with Gasteiger partial charge >= 0.3 is 5.97 Å². The van der Waals surface area contributed by atoms with Crippen molar-refractivity contribution < 1.29 is 19.0 Å². The summed E-state index contributed by atoms with van der Waals surface area (Å²) >= 11 is 0. The summed E-state index contributed by atoms with van der Waals surface area (Å²) in [6.45, 7) is 0.00843. The van der Waals surface area contributed by atoms with Crippen LogP contribution in [-0.4, -0.2) is 16.1 Å². The summed E-state index contributed by atoms with van der Waals surface area (Å²) in [7, 11) is 0. The molecular weight excluding hydrogens is 251 g/mol. The van der Waals surface area contributed by atoms with Crippen LogP contribution >= 0.6 is 0 Å². The topological polar surface area (TPSA) is 85.4 Å². The first-order valence-corrected chi connectivity index (χ1v) is 5.42. The second-order valence-corrected chi connectivity index (χ2v) is 3.83. The maximum atomic E-state index is 12.9. The van der Waals surface area contributed by atoms with Gasteiger partial charge in [-0.15, -0.1) is 0 Å². The number of rotatable bonds is 4. The molecule has 5 nitrogen and oxygen atoms in total. The molecule has 0 spiro atoms. The first-order valence-electron chi connectivity index (χ1n) is 5.42. The minimum Gasteiger partial charge on any atom is -0.488 e. The van der Waals surface area contributed by atoms with Gasteiger partial charge in [-0.3, -0.25) is 4.98 Å². The Bertz CT molecular complexity index is 617. The molecule has 0 aliphatic heterocycles. The maximum Gasteiger partial charge on any atom is 0.341 e. The Hall–Kier alpha value is -2.63. The van der Waals surface area contributed by atoms with Gasteiger partial charge < -0.3 is 15.6 Å². The van der Waals surface area contributed by atoms with Gasteiger partial charge in [-0.05, 0) is 18.2 Å². The molecule has 0 unspecified atom stereocenters. The number of hydrogen-bond acceptors (Lipinski definition) is 4. The maximum absolute atomic E-state index is 12.9. The fourth-order valence-corrected chi connectivity index (χ4v) is 1.59. The van der Waals surface area contributed by atoms with Crippen LogP contribution in [0.3, 0.4) is 0 Å². The van der Waals surface area contributed by atoms with E-state index in [1.165, 1.54) is 24.4 Å². The van der Waals surface area contributed by atoms with Crippen LogP contribution in [0.15, 0.2) is 36.7 Å². The zero-order valence-electron chi connectivity index (χ0n) is 9.84. The van der Waals surface area contributed by atoms with Crippen LogP contribution in [0, 0.1) is 5.82 Å². The number of ether oxygens (including phenoxy) is 1. The molecule has 6 heteroatoms.